The summed E-state index contributed by atoms with van der Waals surface area (Å²) in [5.74, 6) is -0.314. The van der Waals surface area contributed by atoms with Crippen molar-refractivity contribution in [2.75, 3.05) is 27.3 Å². The van der Waals surface area contributed by atoms with E-state index < -0.39 is 11.4 Å². The van der Waals surface area contributed by atoms with E-state index in [0.29, 0.717) is 30.0 Å². The number of hydrogen-bond donors (Lipinski definition) is 1. The Labute approximate surface area is 123 Å². The third kappa shape index (κ3) is 2.66. The summed E-state index contributed by atoms with van der Waals surface area (Å²) in [5, 5.41) is 9.26. The first-order chi connectivity index (χ1) is 9.92. The Bertz CT molecular complexity index is 549. The van der Waals surface area contributed by atoms with Crippen molar-refractivity contribution in [2.45, 2.75) is 13.3 Å². The summed E-state index contributed by atoms with van der Waals surface area (Å²) in [5.41, 5.74) is -0.567. The molecule has 2 rings (SSSR count). The topological polar surface area (TPSA) is 76.1 Å². The van der Waals surface area contributed by atoms with E-state index in [9.17, 15) is 14.7 Å². The van der Waals surface area contributed by atoms with Crippen molar-refractivity contribution < 1.29 is 24.2 Å². The van der Waals surface area contributed by atoms with Gasteiger partial charge in [-0.3, -0.25) is 9.59 Å². The number of carboxylic acid groups (broad SMARTS) is 1. The van der Waals surface area contributed by atoms with Crippen LogP contribution in [0.4, 0.5) is 0 Å². The molecule has 1 unspecified atom stereocenters. The van der Waals surface area contributed by atoms with Gasteiger partial charge in [-0.2, -0.15) is 0 Å². The van der Waals surface area contributed by atoms with Gasteiger partial charge in [0.25, 0.3) is 5.91 Å². The first kappa shape index (κ1) is 15.2. The maximum Gasteiger partial charge on any atom is 0.311 e. The average molecular weight is 293 g/mol. The van der Waals surface area contributed by atoms with Crippen molar-refractivity contribution in [3.05, 3.63) is 23.8 Å². The van der Waals surface area contributed by atoms with Gasteiger partial charge in [-0.25, -0.2) is 0 Å². The normalized spacial score (nSPS) is 21.2. The quantitative estimate of drug-likeness (QED) is 0.913. The van der Waals surface area contributed by atoms with Crippen molar-refractivity contribution in [1.82, 2.24) is 4.90 Å². The number of ether oxygens (including phenoxy) is 2. The second-order valence-electron chi connectivity index (χ2n) is 5.38. The van der Waals surface area contributed by atoms with Crippen LogP contribution in [-0.4, -0.2) is 49.2 Å². The molecule has 1 aromatic rings. The van der Waals surface area contributed by atoms with Gasteiger partial charge in [-0.15, -0.1) is 0 Å². The Hall–Kier alpha value is -2.24. The number of nitrogens with zero attached hydrogens (tertiary/aromatic N) is 1. The van der Waals surface area contributed by atoms with Gasteiger partial charge in [-0.1, -0.05) is 6.07 Å². The maximum absolute atomic E-state index is 12.7. The van der Waals surface area contributed by atoms with Crippen LogP contribution in [0.25, 0.3) is 0 Å². The minimum absolute atomic E-state index is 0.183. The lowest BCUT2D eigenvalue weighted by atomic mass is 9.90. The lowest BCUT2D eigenvalue weighted by molar-refractivity contribution is -0.147. The van der Waals surface area contributed by atoms with Crippen LogP contribution in [0.5, 0.6) is 11.5 Å². The summed E-state index contributed by atoms with van der Waals surface area (Å²) in [6, 6.07) is 5.10. The van der Waals surface area contributed by atoms with Crippen molar-refractivity contribution >= 4 is 11.9 Å². The van der Waals surface area contributed by atoms with Crippen LogP contribution in [0, 0.1) is 5.41 Å². The van der Waals surface area contributed by atoms with Crippen LogP contribution in [0.2, 0.25) is 0 Å². The highest BCUT2D eigenvalue weighted by molar-refractivity contribution is 6.00. The molecule has 21 heavy (non-hydrogen) atoms. The van der Waals surface area contributed by atoms with Gasteiger partial charge in [0.1, 0.15) is 17.1 Å². The van der Waals surface area contributed by atoms with Crippen LogP contribution in [0.15, 0.2) is 18.2 Å². The average Bonchev–Trinajstić information content (AvgIpc) is 2.89. The molecule has 0 aromatic heterocycles. The number of methoxy groups -OCH3 is 2. The summed E-state index contributed by atoms with van der Waals surface area (Å²) >= 11 is 0. The summed E-state index contributed by atoms with van der Waals surface area (Å²) < 4.78 is 10.4. The lowest BCUT2D eigenvalue weighted by Gasteiger charge is -2.22. The Kier molecular flexibility index (Phi) is 4.06. The van der Waals surface area contributed by atoms with Gasteiger partial charge in [0.05, 0.1) is 19.6 Å². The van der Waals surface area contributed by atoms with Crippen LogP contribution < -0.4 is 9.47 Å². The van der Waals surface area contributed by atoms with Crippen molar-refractivity contribution in [3.63, 3.8) is 0 Å². The van der Waals surface area contributed by atoms with Gasteiger partial charge in [0, 0.05) is 13.1 Å². The fraction of sp³-hybridized carbons (Fsp3) is 0.467. The van der Waals surface area contributed by atoms with Gasteiger partial charge < -0.3 is 19.5 Å². The number of carbonyl (C=O) groups excluding carboxylic acids is 1. The minimum Gasteiger partial charge on any atom is -0.496 e. The molecule has 0 radical (unpaired) electrons. The molecule has 0 spiro atoms. The van der Waals surface area contributed by atoms with E-state index in [1.807, 2.05) is 0 Å². The Balaban J connectivity index is 2.32. The standard InChI is InChI=1S/C15H19NO5/c1-15(14(18)19)7-8-16(9-15)13(17)12-10(20-2)5-4-6-11(12)21-3/h4-6H,7-9H2,1-3H3,(H,18,19). The summed E-state index contributed by atoms with van der Waals surface area (Å²) in [4.78, 5) is 25.5. The maximum atomic E-state index is 12.7. The monoisotopic (exact) mass is 293 g/mol. The number of carbonyl (C=O) groups is 2. The summed E-state index contributed by atoms with van der Waals surface area (Å²) in [6.45, 7) is 2.24. The zero-order chi connectivity index (χ0) is 15.6. The SMILES string of the molecule is COc1cccc(OC)c1C(=O)N1CCC(C)(C(=O)O)C1. The minimum atomic E-state index is -0.898. The van der Waals surface area contributed by atoms with E-state index >= 15 is 0 Å². The molecular weight excluding hydrogens is 274 g/mol. The molecule has 1 heterocycles. The number of benzene rings is 1. The molecule has 6 heteroatoms. The molecule has 0 aliphatic carbocycles. The number of aliphatic carboxylic acids is 1. The number of carboxylic acids is 1. The van der Waals surface area contributed by atoms with E-state index in [2.05, 4.69) is 0 Å². The second kappa shape index (κ2) is 5.63. The number of likely N-dealkylation sites (tertiary alicyclic amines) is 1. The van der Waals surface area contributed by atoms with Crippen LogP contribution in [0.3, 0.4) is 0 Å². The van der Waals surface area contributed by atoms with Crippen LogP contribution >= 0.6 is 0 Å². The predicted octanol–water partition coefficient (Wildman–Crippen LogP) is 1.64. The van der Waals surface area contributed by atoms with Crippen molar-refractivity contribution in [2.24, 2.45) is 5.41 Å². The number of rotatable bonds is 4. The molecule has 1 N–H and O–H groups in total. The van der Waals surface area contributed by atoms with Gasteiger partial charge in [0.15, 0.2) is 0 Å². The van der Waals surface area contributed by atoms with E-state index in [0.717, 1.165) is 0 Å². The van der Waals surface area contributed by atoms with Crippen molar-refractivity contribution in [3.8, 4) is 11.5 Å². The summed E-state index contributed by atoms with van der Waals surface area (Å²) in [7, 11) is 2.97. The predicted molar refractivity (Wildman–Crippen MR) is 75.8 cm³/mol. The molecule has 1 atom stereocenters. The molecule has 0 saturated carbocycles. The highest BCUT2D eigenvalue weighted by Crippen LogP contribution is 2.35. The molecule has 0 bridgehead atoms. The van der Waals surface area contributed by atoms with E-state index in [1.54, 1.807) is 25.1 Å². The van der Waals surface area contributed by atoms with E-state index in [1.165, 1.54) is 19.1 Å². The van der Waals surface area contributed by atoms with Crippen LogP contribution in [-0.2, 0) is 4.79 Å². The van der Waals surface area contributed by atoms with E-state index in [-0.39, 0.29) is 12.5 Å². The van der Waals surface area contributed by atoms with Crippen LogP contribution in [0.1, 0.15) is 23.7 Å². The zero-order valence-electron chi connectivity index (χ0n) is 12.4. The molecule has 1 fully saturated rings. The first-order valence-electron chi connectivity index (χ1n) is 6.66. The fourth-order valence-electron chi connectivity index (χ4n) is 2.53. The zero-order valence-corrected chi connectivity index (χ0v) is 12.4. The first-order valence-corrected chi connectivity index (χ1v) is 6.66. The molecule has 1 aliphatic rings. The van der Waals surface area contributed by atoms with Gasteiger partial charge >= 0.3 is 5.97 Å². The molecule has 1 aromatic carbocycles. The van der Waals surface area contributed by atoms with Crippen molar-refractivity contribution in [1.29, 1.82) is 0 Å². The lowest BCUT2D eigenvalue weighted by Crippen LogP contribution is -2.35. The Morgan fingerprint density at radius 3 is 2.24 bits per heavy atom. The highest BCUT2D eigenvalue weighted by Gasteiger charge is 2.43. The Morgan fingerprint density at radius 2 is 1.81 bits per heavy atom. The summed E-state index contributed by atoms with van der Waals surface area (Å²) in [6.07, 6.45) is 0.436. The largest absolute Gasteiger partial charge is 0.496 e. The third-order valence-corrected chi connectivity index (χ3v) is 3.92. The molecular formula is C15H19NO5. The highest BCUT2D eigenvalue weighted by atomic mass is 16.5. The third-order valence-electron chi connectivity index (χ3n) is 3.92. The smallest absolute Gasteiger partial charge is 0.311 e. The molecule has 114 valence electrons. The molecule has 6 nitrogen and oxygen atoms in total. The van der Waals surface area contributed by atoms with E-state index in [4.69, 9.17) is 9.47 Å². The molecule has 1 aliphatic heterocycles. The number of hydrogen-bond acceptors (Lipinski definition) is 4. The molecule has 1 amide bonds. The Morgan fingerprint density at radius 1 is 1.24 bits per heavy atom. The fourth-order valence-corrected chi connectivity index (χ4v) is 2.53. The van der Waals surface area contributed by atoms with Gasteiger partial charge in [0.2, 0.25) is 0 Å². The number of amides is 1. The molecule has 1 saturated heterocycles. The second-order valence-corrected chi connectivity index (χ2v) is 5.38. The van der Waals surface area contributed by atoms with Gasteiger partial charge in [-0.05, 0) is 25.5 Å².